The Bertz CT molecular complexity index is 727. The van der Waals surface area contributed by atoms with Gasteiger partial charge in [-0.05, 0) is 32.4 Å². The number of rotatable bonds is 2. The molecular formula is C16H17N3. The Hall–Kier alpha value is -2.16. The molecule has 3 nitrogen and oxygen atoms in total. The lowest BCUT2D eigenvalue weighted by atomic mass is 10.1. The van der Waals surface area contributed by atoms with Crippen LogP contribution in [0.3, 0.4) is 0 Å². The molecule has 96 valence electrons. The molecule has 0 spiro atoms. The van der Waals surface area contributed by atoms with Crippen LogP contribution >= 0.6 is 0 Å². The first-order chi connectivity index (χ1) is 9.24. The number of nitrogens with zero attached hydrogens (tertiary/aromatic N) is 3. The molecule has 0 amide bonds. The lowest BCUT2D eigenvalue weighted by Gasteiger charge is -2.08. The number of hydrogen-bond donors (Lipinski definition) is 0. The van der Waals surface area contributed by atoms with E-state index in [1.54, 1.807) is 0 Å². The van der Waals surface area contributed by atoms with Gasteiger partial charge in [0, 0.05) is 27.8 Å². The first-order valence-corrected chi connectivity index (χ1v) is 6.61. The van der Waals surface area contributed by atoms with Crippen LogP contribution in [0.15, 0.2) is 36.5 Å². The fourth-order valence-corrected chi connectivity index (χ4v) is 2.80. The second kappa shape index (κ2) is 4.50. The van der Waals surface area contributed by atoms with E-state index in [2.05, 4.69) is 59.8 Å². The van der Waals surface area contributed by atoms with Crippen molar-refractivity contribution in [2.24, 2.45) is 0 Å². The van der Waals surface area contributed by atoms with Gasteiger partial charge in [-0.25, -0.2) is 0 Å². The van der Waals surface area contributed by atoms with Crippen molar-refractivity contribution in [3.05, 3.63) is 53.6 Å². The summed E-state index contributed by atoms with van der Waals surface area (Å²) in [4.78, 5) is 0. The van der Waals surface area contributed by atoms with Crippen LogP contribution < -0.4 is 0 Å². The number of aryl methyl sites for hydroxylation is 3. The highest BCUT2D eigenvalue weighted by Crippen LogP contribution is 2.29. The average molecular weight is 251 g/mol. The summed E-state index contributed by atoms with van der Waals surface area (Å²) in [7, 11) is 0. The normalized spacial score (nSPS) is 11.1. The van der Waals surface area contributed by atoms with Crippen molar-refractivity contribution < 1.29 is 0 Å². The van der Waals surface area contributed by atoms with Gasteiger partial charge in [0.1, 0.15) is 0 Å². The van der Waals surface area contributed by atoms with Crippen LogP contribution in [0.4, 0.5) is 0 Å². The van der Waals surface area contributed by atoms with Gasteiger partial charge in [0.25, 0.3) is 0 Å². The Morgan fingerprint density at radius 1 is 1.05 bits per heavy atom. The number of benzene rings is 1. The van der Waals surface area contributed by atoms with E-state index in [1.165, 1.54) is 27.8 Å². The molecule has 0 saturated heterocycles. The fraction of sp³-hybridized carbons (Fsp3) is 0.250. The van der Waals surface area contributed by atoms with Gasteiger partial charge in [0.05, 0.1) is 11.9 Å². The Morgan fingerprint density at radius 3 is 2.47 bits per heavy atom. The van der Waals surface area contributed by atoms with Crippen molar-refractivity contribution in [3.8, 4) is 5.69 Å². The van der Waals surface area contributed by atoms with Crippen LogP contribution in [-0.2, 0) is 6.42 Å². The molecule has 19 heavy (non-hydrogen) atoms. The molecule has 3 rings (SSSR count). The van der Waals surface area contributed by atoms with Crippen LogP contribution in [0.5, 0.6) is 0 Å². The minimum Gasteiger partial charge on any atom is -0.317 e. The van der Waals surface area contributed by atoms with Gasteiger partial charge in [-0.2, -0.15) is 10.2 Å². The van der Waals surface area contributed by atoms with Crippen molar-refractivity contribution in [3.63, 3.8) is 0 Å². The molecule has 2 heterocycles. The molecule has 1 aromatic carbocycles. The van der Waals surface area contributed by atoms with Crippen molar-refractivity contribution in [2.75, 3.05) is 0 Å². The van der Waals surface area contributed by atoms with Gasteiger partial charge in [-0.15, -0.1) is 0 Å². The molecule has 0 aliphatic rings. The third-order valence-corrected chi connectivity index (χ3v) is 3.69. The zero-order valence-electron chi connectivity index (χ0n) is 11.5. The number of para-hydroxylation sites is 1. The van der Waals surface area contributed by atoms with Crippen LogP contribution in [0.25, 0.3) is 16.5 Å². The Balaban J connectivity index is 2.39. The molecule has 3 aromatic rings. The summed E-state index contributed by atoms with van der Waals surface area (Å²) in [5, 5.41) is 10.9. The average Bonchev–Trinajstić information content (AvgIpc) is 2.72. The van der Waals surface area contributed by atoms with Crippen molar-refractivity contribution in [1.82, 2.24) is 14.8 Å². The summed E-state index contributed by atoms with van der Waals surface area (Å²) in [6.07, 6.45) is 2.78. The van der Waals surface area contributed by atoms with Crippen molar-refractivity contribution >= 4 is 10.8 Å². The number of aromatic nitrogens is 3. The molecule has 0 bridgehead atoms. The lowest BCUT2D eigenvalue weighted by Crippen LogP contribution is -1.98. The van der Waals surface area contributed by atoms with E-state index in [0.29, 0.717) is 0 Å². The molecule has 3 heteroatoms. The highest BCUT2D eigenvalue weighted by atomic mass is 15.1. The predicted octanol–water partition coefficient (Wildman–Crippen LogP) is 3.60. The van der Waals surface area contributed by atoms with Gasteiger partial charge in [-0.3, -0.25) is 0 Å². The van der Waals surface area contributed by atoms with Crippen LogP contribution in [0, 0.1) is 13.8 Å². The number of fused-ring (bicyclic) bond motifs is 1. The van der Waals surface area contributed by atoms with E-state index in [-0.39, 0.29) is 0 Å². The summed E-state index contributed by atoms with van der Waals surface area (Å²) in [5.41, 5.74) is 4.73. The zero-order valence-corrected chi connectivity index (χ0v) is 11.5. The van der Waals surface area contributed by atoms with Gasteiger partial charge < -0.3 is 4.57 Å². The summed E-state index contributed by atoms with van der Waals surface area (Å²) in [6.45, 7) is 6.42. The Kier molecular flexibility index (Phi) is 2.82. The second-order valence-corrected chi connectivity index (χ2v) is 4.78. The van der Waals surface area contributed by atoms with Gasteiger partial charge in [-0.1, -0.05) is 25.1 Å². The Morgan fingerprint density at radius 2 is 1.79 bits per heavy atom. The van der Waals surface area contributed by atoms with Crippen LogP contribution in [-0.4, -0.2) is 14.8 Å². The maximum absolute atomic E-state index is 4.27. The minimum atomic E-state index is 0.906. The standard InChI is InChI=1S/C16H17N3/c1-4-15-16-12(3)19(13-8-6-5-7-9-13)11(2)14(16)10-17-18-15/h5-10H,4H2,1-3H3. The van der Waals surface area contributed by atoms with Gasteiger partial charge in [0.2, 0.25) is 0 Å². The molecule has 0 unspecified atom stereocenters. The third-order valence-electron chi connectivity index (χ3n) is 3.69. The van der Waals surface area contributed by atoms with Crippen molar-refractivity contribution in [2.45, 2.75) is 27.2 Å². The quantitative estimate of drug-likeness (QED) is 0.696. The fourth-order valence-electron chi connectivity index (χ4n) is 2.80. The first-order valence-electron chi connectivity index (χ1n) is 6.61. The maximum Gasteiger partial charge on any atom is 0.0724 e. The smallest absolute Gasteiger partial charge is 0.0724 e. The van der Waals surface area contributed by atoms with E-state index < -0.39 is 0 Å². The molecular weight excluding hydrogens is 234 g/mol. The number of hydrogen-bond acceptors (Lipinski definition) is 2. The first kappa shape index (κ1) is 11.9. The van der Waals surface area contributed by atoms with Crippen molar-refractivity contribution in [1.29, 1.82) is 0 Å². The second-order valence-electron chi connectivity index (χ2n) is 4.78. The minimum absolute atomic E-state index is 0.906. The molecule has 0 N–H and O–H groups in total. The summed E-state index contributed by atoms with van der Waals surface area (Å²) in [5.74, 6) is 0. The molecule has 0 aliphatic heterocycles. The van der Waals surface area contributed by atoms with Crippen LogP contribution in [0.2, 0.25) is 0 Å². The van der Waals surface area contributed by atoms with E-state index in [1.807, 2.05) is 12.3 Å². The summed E-state index contributed by atoms with van der Waals surface area (Å²) >= 11 is 0. The molecule has 0 fully saturated rings. The molecule has 0 aliphatic carbocycles. The van der Waals surface area contributed by atoms with E-state index in [4.69, 9.17) is 0 Å². The highest BCUT2D eigenvalue weighted by Gasteiger charge is 2.15. The Labute approximate surface area is 112 Å². The van der Waals surface area contributed by atoms with E-state index in [9.17, 15) is 0 Å². The highest BCUT2D eigenvalue weighted by molar-refractivity contribution is 5.90. The monoisotopic (exact) mass is 251 g/mol. The zero-order chi connectivity index (χ0) is 13.4. The molecule has 0 saturated carbocycles. The molecule has 0 radical (unpaired) electrons. The van der Waals surface area contributed by atoms with Gasteiger partial charge in [0.15, 0.2) is 0 Å². The summed E-state index contributed by atoms with van der Waals surface area (Å²) < 4.78 is 2.28. The molecule has 2 aromatic heterocycles. The lowest BCUT2D eigenvalue weighted by molar-refractivity contribution is 0.937. The molecule has 0 atom stereocenters. The topological polar surface area (TPSA) is 30.7 Å². The predicted molar refractivity (Wildman–Crippen MR) is 77.7 cm³/mol. The van der Waals surface area contributed by atoms with Crippen LogP contribution in [0.1, 0.15) is 24.0 Å². The largest absolute Gasteiger partial charge is 0.317 e. The van der Waals surface area contributed by atoms with Gasteiger partial charge >= 0.3 is 0 Å². The SMILES string of the molecule is CCc1nncc2c(C)n(-c3ccccc3)c(C)c12. The third kappa shape index (κ3) is 1.73. The van der Waals surface area contributed by atoms with E-state index >= 15 is 0 Å². The maximum atomic E-state index is 4.27. The summed E-state index contributed by atoms with van der Waals surface area (Å²) in [6, 6.07) is 10.4. The van der Waals surface area contributed by atoms with E-state index in [0.717, 1.165) is 12.1 Å².